The van der Waals surface area contributed by atoms with E-state index in [1.54, 1.807) is 0 Å². The molecule has 1 aliphatic carbocycles. The van der Waals surface area contributed by atoms with Crippen LogP contribution in [0.3, 0.4) is 0 Å². The number of hydrogen-bond acceptors (Lipinski definition) is 1. The zero-order chi connectivity index (χ0) is 8.39. The molecule has 0 saturated heterocycles. The highest BCUT2D eigenvalue weighted by Crippen LogP contribution is 2.21. The molecule has 0 aromatic heterocycles. The van der Waals surface area contributed by atoms with Gasteiger partial charge in [-0.05, 0) is 18.4 Å². The van der Waals surface area contributed by atoms with Crippen molar-refractivity contribution in [2.24, 2.45) is 5.73 Å². The maximum atomic E-state index is 5.65. The van der Waals surface area contributed by atoms with Gasteiger partial charge in [-0.15, -0.1) is 0 Å². The average Bonchev–Trinajstić information content (AvgIpc) is 2.04. The fourth-order valence-electron chi connectivity index (χ4n) is 1.56. The van der Waals surface area contributed by atoms with Crippen LogP contribution in [-0.2, 0) is 6.42 Å². The van der Waals surface area contributed by atoms with Crippen LogP contribution in [-0.4, -0.2) is 6.04 Å². The van der Waals surface area contributed by atoms with Gasteiger partial charge in [0.1, 0.15) is 0 Å². The second-order valence-electron chi connectivity index (χ2n) is 3.36. The van der Waals surface area contributed by atoms with E-state index in [1.807, 2.05) is 6.07 Å². The topological polar surface area (TPSA) is 26.0 Å². The molecule has 1 aromatic carbocycles. The van der Waals surface area contributed by atoms with Gasteiger partial charge in [0.15, 0.2) is 0 Å². The Morgan fingerprint density at radius 1 is 1.25 bits per heavy atom. The molecule has 0 aliphatic heterocycles. The van der Waals surface area contributed by atoms with E-state index in [2.05, 4.69) is 30.3 Å². The maximum absolute atomic E-state index is 5.65. The zero-order valence-electron chi connectivity index (χ0n) is 7.03. The summed E-state index contributed by atoms with van der Waals surface area (Å²) in [5.74, 6) is 0. The van der Waals surface area contributed by atoms with Crippen molar-refractivity contribution in [3.8, 4) is 0 Å². The highest BCUT2D eigenvalue weighted by molar-refractivity contribution is 5.28. The predicted molar refractivity (Wildman–Crippen MR) is 50.8 cm³/mol. The van der Waals surface area contributed by atoms with E-state index in [-0.39, 0.29) is 0 Å². The molecule has 0 fully saturated rings. The molecule has 0 amide bonds. The van der Waals surface area contributed by atoms with Gasteiger partial charge in [0, 0.05) is 6.04 Å². The Balaban J connectivity index is 2.01. The van der Waals surface area contributed by atoms with Crippen molar-refractivity contribution in [3.05, 3.63) is 47.5 Å². The smallest absolute Gasteiger partial charge is 0.0264 e. The molecular weight excluding hydrogens is 146 g/mol. The normalized spacial score (nSPS) is 21.4. The van der Waals surface area contributed by atoms with Gasteiger partial charge in [0.25, 0.3) is 0 Å². The quantitative estimate of drug-likeness (QED) is 0.655. The summed E-state index contributed by atoms with van der Waals surface area (Å²) in [6.45, 7) is 0. The van der Waals surface area contributed by atoms with E-state index in [9.17, 15) is 0 Å². The number of hydrogen-bond donors (Lipinski definition) is 1. The number of rotatable bonds is 2. The average molecular weight is 159 g/mol. The number of nitrogens with two attached hydrogens (primary N) is 1. The molecule has 0 heterocycles. The number of benzene rings is 1. The van der Waals surface area contributed by atoms with Gasteiger partial charge in [0.05, 0.1) is 0 Å². The van der Waals surface area contributed by atoms with Gasteiger partial charge >= 0.3 is 0 Å². The van der Waals surface area contributed by atoms with Crippen LogP contribution in [0.2, 0.25) is 0 Å². The van der Waals surface area contributed by atoms with Crippen LogP contribution in [0, 0.1) is 0 Å². The lowest BCUT2D eigenvalue weighted by Gasteiger charge is -2.21. The van der Waals surface area contributed by atoms with Gasteiger partial charge in [-0.25, -0.2) is 0 Å². The molecule has 1 unspecified atom stereocenters. The molecule has 62 valence electrons. The van der Waals surface area contributed by atoms with E-state index < -0.39 is 0 Å². The SMILES string of the molecule is NC1C=C(Cc2ccccc2)C1. The molecule has 1 heteroatoms. The maximum Gasteiger partial charge on any atom is 0.0264 e. The third-order valence-electron chi connectivity index (χ3n) is 2.22. The summed E-state index contributed by atoms with van der Waals surface area (Å²) < 4.78 is 0. The molecule has 0 spiro atoms. The van der Waals surface area contributed by atoms with E-state index in [0.29, 0.717) is 6.04 Å². The van der Waals surface area contributed by atoms with Crippen LogP contribution in [0.15, 0.2) is 42.0 Å². The minimum atomic E-state index is 0.323. The lowest BCUT2D eigenvalue weighted by molar-refractivity contribution is 0.699. The molecule has 2 N–H and O–H groups in total. The molecule has 1 atom stereocenters. The standard InChI is InChI=1S/C11H13N/c12-11-7-10(8-11)6-9-4-2-1-3-5-9/h1-5,7,11H,6,8,12H2. The van der Waals surface area contributed by atoms with Crippen LogP contribution in [0.25, 0.3) is 0 Å². The summed E-state index contributed by atoms with van der Waals surface area (Å²) in [5.41, 5.74) is 8.51. The highest BCUT2D eigenvalue weighted by atomic mass is 14.6. The molecule has 0 radical (unpaired) electrons. The first-order valence-electron chi connectivity index (χ1n) is 4.33. The molecule has 12 heavy (non-hydrogen) atoms. The monoisotopic (exact) mass is 159 g/mol. The third kappa shape index (κ3) is 1.56. The zero-order valence-corrected chi connectivity index (χ0v) is 7.03. The molecule has 0 saturated carbocycles. The van der Waals surface area contributed by atoms with E-state index >= 15 is 0 Å². The fourth-order valence-corrected chi connectivity index (χ4v) is 1.56. The second kappa shape index (κ2) is 3.11. The van der Waals surface area contributed by atoms with E-state index in [4.69, 9.17) is 5.73 Å². The Morgan fingerprint density at radius 3 is 2.50 bits per heavy atom. The lowest BCUT2D eigenvalue weighted by atomic mass is 9.89. The van der Waals surface area contributed by atoms with E-state index in [1.165, 1.54) is 11.1 Å². The van der Waals surface area contributed by atoms with Gasteiger partial charge < -0.3 is 5.73 Å². The minimum Gasteiger partial charge on any atom is -0.324 e. The minimum absolute atomic E-state index is 0.323. The summed E-state index contributed by atoms with van der Waals surface area (Å²) in [5, 5.41) is 0. The fraction of sp³-hybridized carbons (Fsp3) is 0.273. The van der Waals surface area contributed by atoms with Gasteiger partial charge in [0.2, 0.25) is 0 Å². The van der Waals surface area contributed by atoms with Crippen LogP contribution in [0.5, 0.6) is 0 Å². The Bertz CT molecular complexity index is 287. The summed E-state index contributed by atoms with van der Waals surface area (Å²) in [7, 11) is 0. The van der Waals surface area contributed by atoms with Crippen LogP contribution >= 0.6 is 0 Å². The van der Waals surface area contributed by atoms with E-state index in [0.717, 1.165) is 12.8 Å². The largest absolute Gasteiger partial charge is 0.324 e. The van der Waals surface area contributed by atoms with Crippen molar-refractivity contribution < 1.29 is 0 Å². The highest BCUT2D eigenvalue weighted by Gasteiger charge is 2.13. The van der Waals surface area contributed by atoms with Crippen LogP contribution in [0.4, 0.5) is 0 Å². The summed E-state index contributed by atoms with van der Waals surface area (Å²) in [4.78, 5) is 0. The Kier molecular flexibility index (Phi) is 1.96. The summed E-state index contributed by atoms with van der Waals surface area (Å²) in [6.07, 6.45) is 4.32. The Hall–Kier alpha value is -1.08. The first-order valence-corrected chi connectivity index (χ1v) is 4.33. The first-order chi connectivity index (χ1) is 5.84. The Morgan fingerprint density at radius 2 is 1.92 bits per heavy atom. The van der Waals surface area contributed by atoms with Crippen molar-refractivity contribution in [1.29, 1.82) is 0 Å². The first kappa shape index (κ1) is 7.56. The summed E-state index contributed by atoms with van der Waals surface area (Å²) in [6, 6.07) is 10.8. The predicted octanol–water partition coefficient (Wildman–Crippen LogP) is 1.89. The molecule has 0 bridgehead atoms. The van der Waals surface area contributed by atoms with Crippen molar-refractivity contribution in [2.45, 2.75) is 18.9 Å². The van der Waals surface area contributed by atoms with Crippen molar-refractivity contribution in [3.63, 3.8) is 0 Å². The van der Waals surface area contributed by atoms with Gasteiger partial charge in [-0.1, -0.05) is 42.0 Å². The lowest BCUT2D eigenvalue weighted by Crippen LogP contribution is -2.26. The van der Waals surface area contributed by atoms with Crippen LogP contribution < -0.4 is 5.73 Å². The molecule has 1 nitrogen and oxygen atoms in total. The van der Waals surface area contributed by atoms with Crippen molar-refractivity contribution in [2.75, 3.05) is 0 Å². The molecule has 1 aliphatic rings. The van der Waals surface area contributed by atoms with Crippen molar-refractivity contribution >= 4 is 0 Å². The molecule has 1 aromatic rings. The molecule has 2 rings (SSSR count). The molecular formula is C11H13N. The van der Waals surface area contributed by atoms with Gasteiger partial charge in [-0.2, -0.15) is 0 Å². The summed E-state index contributed by atoms with van der Waals surface area (Å²) >= 11 is 0. The third-order valence-corrected chi connectivity index (χ3v) is 2.22. The van der Waals surface area contributed by atoms with Crippen LogP contribution in [0.1, 0.15) is 12.0 Å². The van der Waals surface area contributed by atoms with Crippen molar-refractivity contribution in [1.82, 2.24) is 0 Å². The van der Waals surface area contributed by atoms with Gasteiger partial charge in [-0.3, -0.25) is 0 Å². The second-order valence-corrected chi connectivity index (χ2v) is 3.36. The Labute approximate surface area is 72.9 Å².